The second-order valence-electron chi connectivity index (χ2n) is 8.72. The normalized spacial score (nSPS) is 16.3. The van der Waals surface area contributed by atoms with Crippen molar-refractivity contribution in [3.8, 4) is 0 Å². The van der Waals surface area contributed by atoms with Crippen molar-refractivity contribution in [2.24, 2.45) is 0 Å². The maximum absolute atomic E-state index is 10.8. The number of piperazine rings is 1. The first-order valence-corrected chi connectivity index (χ1v) is 11.9. The molecule has 176 valence electrons. The van der Waals surface area contributed by atoms with Crippen LogP contribution in [0.15, 0.2) is 67.0 Å². The van der Waals surface area contributed by atoms with Gasteiger partial charge in [-0.1, -0.05) is 70.6 Å². The predicted octanol–water partition coefficient (Wildman–Crippen LogP) is 2.25. The molecule has 1 aliphatic heterocycles. The largest absolute Gasteiger partial charge is 0.388 e. The van der Waals surface area contributed by atoms with Gasteiger partial charge in [0.25, 0.3) is 10.9 Å². The molecule has 0 spiro atoms. The van der Waals surface area contributed by atoms with Crippen molar-refractivity contribution in [3.05, 3.63) is 83.4 Å². The molecular formula is C25H29ClN7O+. The molecule has 4 aromatic rings. The Labute approximate surface area is 203 Å². The standard InChI is InChI=1S/C25H28ClN7O/c26-25-29-21-23(27)28-17-33(24(21)30-25)16-20(34)15-31-11-13-32(14-12-31)22(18-7-3-1-4-8-18)19-9-5-2-6-10-19/h1-10,17,20,22,34H,11-16H2,(H2,27,29,30)/p+1. The lowest BCUT2D eigenvalue weighted by Gasteiger charge is -2.40. The number of aliphatic hydroxyl groups is 1. The maximum atomic E-state index is 10.8. The van der Waals surface area contributed by atoms with Gasteiger partial charge in [-0.3, -0.25) is 9.80 Å². The summed E-state index contributed by atoms with van der Waals surface area (Å²) in [4.78, 5) is 16.2. The Hall–Kier alpha value is -3.04. The van der Waals surface area contributed by atoms with Crippen molar-refractivity contribution in [2.45, 2.75) is 18.7 Å². The van der Waals surface area contributed by atoms with Crippen LogP contribution in [-0.2, 0) is 6.54 Å². The van der Waals surface area contributed by atoms with Crippen LogP contribution in [0.1, 0.15) is 17.2 Å². The van der Waals surface area contributed by atoms with E-state index in [0.29, 0.717) is 30.1 Å². The number of nitrogens with two attached hydrogens (primary N) is 1. The zero-order valence-electron chi connectivity index (χ0n) is 18.9. The van der Waals surface area contributed by atoms with Crippen LogP contribution >= 0.6 is 11.6 Å². The maximum Gasteiger partial charge on any atom is 0.295 e. The van der Waals surface area contributed by atoms with Gasteiger partial charge in [0.1, 0.15) is 0 Å². The summed E-state index contributed by atoms with van der Waals surface area (Å²) in [5.41, 5.74) is 9.69. The Morgan fingerprint density at radius 3 is 2.24 bits per heavy atom. The van der Waals surface area contributed by atoms with E-state index in [-0.39, 0.29) is 11.3 Å². The summed E-state index contributed by atoms with van der Waals surface area (Å²) in [6.07, 6.45) is 1.03. The van der Waals surface area contributed by atoms with Gasteiger partial charge in [-0.15, -0.1) is 0 Å². The summed E-state index contributed by atoms with van der Waals surface area (Å²) < 4.78 is 1.79. The number of hydrogen-bond donors (Lipinski definition) is 3. The number of H-pyrrole nitrogens is 1. The molecule has 9 heteroatoms. The van der Waals surface area contributed by atoms with Crippen LogP contribution in [0.2, 0.25) is 5.28 Å². The van der Waals surface area contributed by atoms with Gasteiger partial charge in [-0.2, -0.15) is 0 Å². The first-order valence-electron chi connectivity index (χ1n) is 11.5. The first kappa shape index (κ1) is 22.7. The van der Waals surface area contributed by atoms with E-state index in [1.807, 2.05) is 0 Å². The summed E-state index contributed by atoms with van der Waals surface area (Å²) in [5.74, 6) is 0.336. The molecule has 0 radical (unpaired) electrons. The Bertz CT molecular complexity index is 1190. The Morgan fingerprint density at radius 1 is 1.00 bits per heavy atom. The molecule has 0 amide bonds. The van der Waals surface area contributed by atoms with Crippen molar-refractivity contribution in [3.63, 3.8) is 0 Å². The van der Waals surface area contributed by atoms with Crippen molar-refractivity contribution in [1.29, 1.82) is 0 Å². The number of aliphatic hydroxyl groups excluding tert-OH is 1. The molecule has 1 atom stereocenters. The van der Waals surface area contributed by atoms with Crippen molar-refractivity contribution < 1.29 is 9.67 Å². The van der Waals surface area contributed by atoms with Gasteiger partial charge in [-0.05, 0) is 22.7 Å². The van der Waals surface area contributed by atoms with Crippen molar-refractivity contribution in [2.75, 3.05) is 38.5 Å². The molecule has 1 fully saturated rings. The lowest BCUT2D eigenvalue weighted by molar-refractivity contribution is -0.683. The summed E-state index contributed by atoms with van der Waals surface area (Å²) in [5, 5.41) is 11.1. The fraction of sp³-hybridized carbons (Fsp3) is 0.320. The number of anilines is 1. The minimum atomic E-state index is -0.570. The molecule has 1 aliphatic rings. The zero-order chi connectivity index (χ0) is 23.5. The molecule has 5 rings (SSSR count). The number of fused-ring (bicyclic) bond motifs is 1. The third kappa shape index (κ3) is 4.90. The molecule has 2 aromatic heterocycles. The van der Waals surface area contributed by atoms with Gasteiger partial charge < -0.3 is 15.8 Å². The van der Waals surface area contributed by atoms with Gasteiger partial charge in [0.15, 0.2) is 5.52 Å². The van der Waals surface area contributed by atoms with E-state index in [9.17, 15) is 5.11 Å². The molecule has 1 unspecified atom stereocenters. The number of aromatic amines is 1. The smallest absolute Gasteiger partial charge is 0.295 e. The molecule has 0 bridgehead atoms. The lowest BCUT2D eigenvalue weighted by atomic mass is 9.96. The number of nitrogen functional groups attached to an aromatic ring is 1. The molecule has 2 aromatic carbocycles. The molecule has 0 saturated carbocycles. The van der Waals surface area contributed by atoms with Crippen LogP contribution in [0.3, 0.4) is 0 Å². The van der Waals surface area contributed by atoms with Crippen molar-refractivity contribution in [1.82, 2.24) is 24.8 Å². The first-order chi connectivity index (χ1) is 16.6. The molecule has 1 saturated heterocycles. The summed E-state index contributed by atoms with van der Waals surface area (Å²) >= 11 is 6.01. The van der Waals surface area contributed by atoms with Gasteiger partial charge in [0.05, 0.1) is 18.7 Å². The summed E-state index contributed by atoms with van der Waals surface area (Å²) in [6.45, 7) is 4.57. The van der Waals surface area contributed by atoms with Gasteiger partial charge >= 0.3 is 0 Å². The highest BCUT2D eigenvalue weighted by molar-refractivity contribution is 6.29. The average Bonchev–Trinajstić information content (AvgIpc) is 3.26. The summed E-state index contributed by atoms with van der Waals surface area (Å²) in [7, 11) is 0. The quantitative estimate of drug-likeness (QED) is 0.278. The third-order valence-corrected chi connectivity index (χ3v) is 6.58. The highest BCUT2D eigenvalue weighted by Gasteiger charge is 2.28. The van der Waals surface area contributed by atoms with E-state index in [1.54, 1.807) is 10.9 Å². The molecule has 0 aliphatic carbocycles. The number of rotatable bonds is 7. The van der Waals surface area contributed by atoms with Gasteiger partial charge in [0, 0.05) is 32.7 Å². The number of benzene rings is 2. The molecule has 34 heavy (non-hydrogen) atoms. The second kappa shape index (κ2) is 10.1. The topological polar surface area (TPSA) is 98.2 Å². The number of aromatic nitrogens is 4. The van der Waals surface area contributed by atoms with Crippen LogP contribution in [0.25, 0.3) is 11.2 Å². The number of nitrogens with zero attached hydrogens (tertiary/aromatic N) is 5. The van der Waals surface area contributed by atoms with Crippen LogP contribution in [0, 0.1) is 0 Å². The zero-order valence-corrected chi connectivity index (χ0v) is 19.6. The van der Waals surface area contributed by atoms with Gasteiger partial charge in [0.2, 0.25) is 12.1 Å². The lowest BCUT2D eigenvalue weighted by Crippen LogP contribution is -2.52. The average molecular weight is 479 g/mol. The highest BCUT2D eigenvalue weighted by Crippen LogP contribution is 2.29. The predicted molar refractivity (Wildman–Crippen MR) is 132 cm³/mol. The number of imidazole rings is 1. The van der Waals surface area contributed by atoms with E-state index in [0.717, 1.165) is 26.2 Å². The Balaban J connectivity index is 1.23. The monoisotopic (exact) mass is 478 g/mol. The Kier molecular flexibility index (Phi) is 6.73. The molecule has 3 heterocycles. The number of hydrogen-bond acceptors (Lipinski definition) is 6. The van der Waals surface area contributed by atoms with Crippen LogP contribution in [-0.4, -0.2) is 68.7 Å². The number of β-amino-alcohol motifs (C(OH)–C–C–N with tert-alkyl or cyclic N) is 1. The highest BCUT2D eigenvalue weighted by atomic mass is 35.5. The minimum absolute atomic E-state index is 0.226. The summed E-state index contributed by atoms with van der Waals surface area (Å²) in [6, 6.07) is 21.6. The van der Waals surface area contributed by atoms with E-state index in [2.05, 4.69) is 85.4 Å². The van der Waals surface area contributed by atoms with E-state index in [4.69, 9.17) is 17.3 Å². The van der Waals surface area contributed by atoms with E-state index in [1.165, 1.54) is 11.1 Å². The molecule has 4 N–H and O–H groups in total. The SMILES string of the molecule is Nc1nc[n+](CC(O)CN2CCN(C(c3ccccc3)c3ccccc3)CC2)c2nc(Cl)[nH]c12. The van der Waals surface area contributed by atoms with Crippen LogP contribution in [0.5, 0.6) is 0 Å². The minimum Gasteiger partial charge on any atom is -0.388 e. The number of halogens is 1. The molecule has 8 nitrogen and oxygen atoms in total. The third-order valence-electron chi connectivity index (χ3n) is 6.40. The second-order valence-corrected chi connectivity index (χ2v) is 9.08. The Morgan fingerprint density at radius 2 is 1.62 bits per heavy atom. The van der Waals surface area contributed by atoms with Crippen molar-refractivity contribution >= 4 is 28.6 Å². The molecular weight excluding hydrogens is 450 g/mol. The fourth-order valence-corrected chi connectivity index (χ4v) is 4.95. The number of nitrogens with one attached hydrogen (secondary N) is 1. The fourth-order valence-electron chi connectivity index (χ4n) is 4.78. The van der Waals surface area contributed by atoms with Crippen LogP contribution < -0.4 is 10.3 Å². The van der Waals surface area contributed by atoms with Crippen LogP contribution in [0.4, 0.5) is 5.82 Å². The van der Waals surface area contributed by atoms with E-state index >= 15 is 0 Å². The van der Waals surface area contributed by atoms with E-state index < -0.39 is 6.10 Å². The van der Waals surface area contributed by atoms with Gasteiger partial charge in [-0.25, -0.2) is 4.57 Å².